The molecule has 1 nitrogen and oxygen atoms in total. The summed E-state index contributed by atoms with van der Waals surface area (Å²) in [4.78, 5) is 0.400. The van der Waals surface area contributed by atoms with E-state index in [1.807, 2.05) is 6.07 Å². The molecule has 1 heterocycles. The highest BCUT2D eigenvalue weighted by Crippen LogP contribution is 2.41. The van der Waals surface area contributed by atoms with E-state index in [0.29, 0.717) is 10.7 Å². The number of hydrogen-bond donors (Lipinski definition) is 0. The van der Waals surface area contributed by atoms with Crippen LogP contribution in [0.3, 0.4) is 0 Å². The van der Waals surface area contributed by atoms with E-state index in [4.69, 9.17) is 4.74 Å². The third-order valence-electron chi connectivity index (χ3n) is 2.88. The van der Waals surface area contributed by atoms with Crippen LogP contribution in [0.2, 0.25) is 0 Å². The Morgan fingerprint density at radius 3 is 2.43 bits per heavy atom. The summed E-state index contributed by atoms with van der Waals surface area (Å²) in [6, 6.07) is 10.6. The Morgan fingerprint density at radius 1 is 1.29 bits per heavy atom. The maximum absolute atomic E-state index is 5.77. The lowest BCUT2D eigenvalue weighted by molar-refractivity contribution is 0.0394. The van der Waals surface area contributed by atoms with Gasteiger partial charge in [0.25, 0.3) is 0 Å². The molecule has 0 radical (unpaired) electrons. The van der Waals surface area contributed by atoms with Crippen molar-refractivity contribution in [1.82, 2.24) is 0 Å². The standard InChI is InChI=1S/C12H15BrO/c1-12(2)11(13)10(8-14-12)9-6-4-3-5-7-9/h3-7,10-11H,8H2,1-2H3/t10-,11-/m0/s1. The summed E-state index contributed by atoms with van der Waals surface area (Å²) in [5, 5.41) is 0. The van der Waals surface area contributed by atoms with Crippen LogP contribution in [0.25, 0.3) is 0 Å². The quantitative estimate of drug-likeness (QED) is 0.699. The zero-order valence-electron chi connectivity index (χ0n) is 8.53. The average Bonchev–Trinajstić information content (AvgIpc) is 2.44. The average molecular weight is 255 g/mol. The third kappa shape index (κ3) is 1.73. The van der Waals surface area contributed by atoms with Crippen molar-refractivity contribution in [3.8, 4) is 0 Å². The van der Waals surface area contributed by atoms with Gasteiger partial charge >= 0.3 is 0 Å². The molecule has 1 fully saturated rings. The molecule has 1 aromatic carbocycles. The molecule has 1 aromatic rings. The predicted octanol–water partition coefficient (Wildman–Crippen LogP) is 3.34. The smallest absolute Gasteiger partial charge is 0.0758 e. The molecule has 14 heavy (non-hydrogen) atoms. The van der Waals surface area contributed by atoms with Crippen LogP contribution in [0.15, 0.2) is 30.3 Å². The second-order valence-electron chi connectivity index (χ2n) is 4.33. The summed E-state index contributed by atoms with van der Waals surface area (Å²) in [5.74, 6) is 0.478. The van der Waals surface area contributed by atoms with E-state index in [0.717, 1.165) is 6.61 Å². The van der Waals surface area contributed by atoms with E-state index >= 15 is 0 Å². The molecular formula is C12H15BrO. The molecule has 0 bridgehead atoms. The van der Waals surface area contributed by atoms with E-state index in [-0.39, 0.29) is 5.60 Å². The second-order valence-corrected chi connectivity index (χ2v) is 5.32. The minimum absolute atomic E-state index is 0.0551. The molecule has 0 spiro atoms. The molecule has 2 atom stereocenters. The number of ether oxygens (including phenoxy) is 1. The van der Waals surface area contributed by atoms with Gasteiger partial charge in [-0.2, -0.15) is 0 Å². The van der Waals surface area contributed by atoms with Crippen LogP contribution in [0.4, 0.5) is 0 Å². The van der Waals surface area contributed by atoms with Crippen molar-refractivity contribution in [2.75, 3.05) is 6.61 Å². The fraction of sp³-hybridized carbons (Fsp3) is 0.500. The molecule has 76 valence electrons. The van der Waals surface area contributed by atoms with Crippen LogP contribution in [-0.4, -0.2) is 17.0 Å². The lowest BCUT2D eigenvalue weighted by Crippen LogP contribution is -2.29. The van der Waals surface area contributed by atoms with Crippen LogP contribution < -0.4 is 0 Å². The number of hydrogen-bond acceptors (Lipinski definition) is 1. The molecular weight excluding hydrogens is 240 g/mol. The zero-order valence-corrected chi connectivity index (χ0v) is 10.1. The number of benzene rings is 1. The van der Waals surface area contributed by atoms with Crippen LogP contribution in [0.1, 0.15) is 25.3 Å². The monoisotopic (exact) mass is 254 g/mol. The Hall–Kier alpha value is -0.340. The Morgan fingerprint density at radius 2 is 1.93 bits per heavy atom. The van der Waals surface area contributed by atoms with Crippen molar-refractivity contribution in [3.05, 3.63) is 35.9 Å². The molecule has 0 unspecified atom stereocenters. The van der Waals surface area contributed by atoms with E-state index < -0.39 is 0 Å². The van der Waals surface area contributed by atoms with E-state index in [1.54, 1.807) is 0 Å². The van der Waals surface area contributed by atoms with Crippen molar-refractivity contribution >= 4 is 15.9 Å². The zero-order chi connectivity index (χ0) is 10.2. The van der Waals surface area contributed by atoms with Gasteiger partial charge in [-0.15, -0.1) is 0 Å². The van der Waals surface area contributed by atoms with E-state index in [1.165, 1.54) is 5.56 Å². The fourth-order valence-corrected chi connectivity index (χ4v) is 2.51. The first-order valence-electron chi connectivity index (χ1n) is 4.94. The van der Waals surface area contributed by atoms with E-state index in [2.05, 4.69) is 54.0 Å². The Bertz CT molecular complexity index is 307. The first-order valence-corrected chi connectivity index (χ1v) is 5.86. The second kappa shape index (κ2) is 3.67. The summed E-state index contributed by atoms with van der Waals surface area (Å²) in [7, 11) is 0. The minimum atomic E-state index is -0.0551. The molecule has 0 saturated carbocycles. The molecule has 2 heteroatoms. The van der Waals surface area contributed by atoms with Gasteiger partial charge in [0, 0.05) is 5.92 Å². The lowest BCUT2D eigenvalue weighted by Gasteiger charge is -2.23. The van der Waals surface area contributed by atoms with Gasteiger partial charge in [-0.1, -0.05) is 46.3 Å². The number of halogens is 1. The molecule has 1 aliphatic rings. The SMILES string of the molecule is CC1(C)OC[C@@H](c2ccccc2)[C@@H]1Br. The summed E-state index contributed by atoms with van der Waals surface area (Å²) in [6.45, 7) is 5.08. The Labute approximate surface area is 93.6 Å². The van der Waals surface area contributed by atoms with Crippen molar-refractivity contribution in [1.29, 1.82) is 0 Å². The van der Waals surface area contributed by atoms with Crippen LogP contribution in [0, 0.1) is 0 Å². The molecule has 0 N–H and O–H groups in total. The fourth-order valence-electron chi connectivity index (χ4n) is 1.92. The van der Waals surface area contributed by atoms with Gasteiger partial charge in [0.1, 0.15) is 0 Å². The van der Waals surface area contributed by atoms with Crippen molar-refractivity contribution in [3.63, 3.8) is 0 Å². The molecule has 2 rings (SSSR count). The highest BCUT2D eigenvalue weighted by Gasteiger charge is 2.42. The van der Waals surface area contributed by atoms with Gasteiger partial charge in [-0.25, -0.2) is 0 Å². The molecule has 0 aromatic heterocycles. The summed E-state index contributed by atoms with van der Waals surface area (Å²) in [5.41, 5.74) is 1.31. The molecule has 0 amide bonds. The summed E-state index contributed by atoms with van der Waals surface area (Å²) < 4.78 is 5.77. The van der Waals surface area contributed by atoms with Crippen molar-refractivity contribution in [2.45, 2.75) is 30.2 Å². The van der Waals surface area contributed by atoms with Gasteiger partial charge in [0.2, 0.25) is 0 Å². The first kappa shape index (κ1) is 10.2. The molecule has 1 aliphatic heterocycles. The normalized spacial score (nSPS) is 30.5. The lowest BCUT2D eigenvalue weighted by atomic mass is 9.91. The Kier molecular flexibility index (Phi) is 2.67. The predicted molar refractivity (Wildman–Crippen MR) is 61.9 cm³/mol. The van der Waals surface area contributed by atoms with Crippen LogP contribution >= 0.6 is 15.9 Å². The number of rotatable bonds is 1. The van der Waals surface area contributed by atoms with E-state index in [9.17, 15) is 0 Å². The third-order valence-corrected chi connectivity index (χ3v) is 4.62. The van der Waals surface area contributed by atoms with Crippen molar-refractivity contribution in [2.24, 2.45) is 0 Å². The van der Waals surface area contributed by atoms with Gasteiger partial charge < -0.3 is 4.74 Å². The highest BCUT2D eigenvalue weighted by molar-refractivity contribution is 9.09. The van der Waals surface area contributed by atoms with Crippen LogP contribution in [0.5, 0.6) is 0 Å². The summed E-state index contributed by atoms with van der Waals surface area (Å²) >= 11 is 3.74. The van der Waals surface area contributed by atoms with Crippen molar-refractivity contribution < 1.29 is 4.74 Å². The maximum atomic E-state index is 5.77. The first-order chi connectivity index (χ1) is 6.61. The topological polar surface area (TPSA) is 9.23 Å². The molecule has 0 aliphatic carbocycles. The van der Waals surface area contributed by atoms with Gasteiger partial charge in [-0.05, 0) is 19.4 Å². The molecule has 1 saturated heterocycles. The maximum Gasteiger partial charge on any atom is 0.0758 e. The van der Waals surface area contributed by atoms with Gasteiger partial charge in [0.05, 0.1) is 17.0 Å². The summed E-state index contributed by atoms with van der Waals surface area (Å²) in [6.07, 6.45) is 0. The van der Waals surface area contributed by atoms with Crippen LogP contribution in [-0.2, 0) is 4.74 Å². The number of alkyl halides is 1. The minimum Gasteiger partial charge on any atom is -0.374 e. The Balaban J connectivity index is 2.23. The highest BCUT2D eigenvalue weighted by atomic mass is 79.9. The van der Waals surface area contributed by atoms with Gasteiger partial charge in [-0.3, -0.25) is 0 Å². The largest absolute Gasteiger partial charge is 0.374 e. The van der Waals surface area contributed by atoms with Gasteiger partial charge in [0.15, 0.2) is 0 Å².